The van der Waals surface area contributed by atoms with Crippen LogP contribution in [0.4, 0.5) is 4.39 Å². The van der Waals surface area contributed by atoms with Gasteiger partial charge in [0.25, 0.3) is 5.91 Å². The fraction of sp³-hybridized carbons (Fsp3) is 0. The van der Waals surface area contributed by atoms with Gasteiger partial charge in [-0.15, -0.1) is 11.3 Å². The van der Waals surface area contributed by atoms with Gasteiger partial charge in [0.15, 0.2) is 5.13 Å². The van der Waals surface area contributed by atoms with E-state index in [0.717, 1.165) is 11.3 Å². The zero-order chi connectivity index (χ0) is 12.3. The van der Waals surface area contributed by atoms with Gasteiger partial charge in [0.2, 0.25) is 0 Å². The van der Waals surface area contributed by atoms with Gasteiger partial charge in [-0.1, -0.05) is 11.6 Å². The molecule has 2 N–H and O–H groups in total. The van der Waals surface area contributed by atoms with E-state index in [9.17, 15) is 9.18 Å². The van der Waals surface area contributed by atoms with Crippen molar-refractivity contribution in [3.8, 4) is 0 Å². The first-order valence-corrected chi connectivity index (χ1v) is 5.64. The summed E-state index contributed by atoms with van der Waals surface area (Å²) < 4.78 is 12.6. The number of H-pyrrole nitrogens is 1. The van der Waals surface area contributed by atoms with Crippen LogP contribution in [0.1, 0.15) is 15.4 Å². The molecule has 2 heterocycles. The topological polar surface area (TPSA) is 70.1 Å². The van der Waals surface area contributed by atoms with E-state index in [1.807, 2.05) is 0 Å². The number of halogens is 2. The Kier molecular flexibility index (Phi) is 3.50. The predicted octanol–water partition coefficient (Wildman–Crippen LogP) is 2.03. The van der Waals surface area contributed by atoms with Crippen molar-refractivity contribution in [2.75, 3.05) is 0 Å². The maximum atomic E-state index is 12.6. The van der Waals surface area contributed by atoms with E-state index in [1.54, 1.807) is 6.07 Å². The molecule has 0 spiro atoms. The van der Waals surface area contributed by atoms with Crippen LogP contribution in [0.5, 0.6) is 0 Å². The molecule has 0 unspecified atom stereocenters. The lowest BCUT2D eigenvalue weighted by atomic mass is 10.4. The summed E-state index contributed by atoms with van der Waals surface area (Å²) in [6.07, 6.45) is 2.66. The second-order valence-electron chi connectivity index (χ2n) is 2.93. The van der Waals surface area contributed by atoms with Crippen molar-refractivity contribution in [3.05, 3.63) is 39.1 Å². The normalized spacial score (nSPS) is 10.9. The SMILES string of the molecule is O=C(NN=Cc1ccc(F)s1)c1[nH]ncc1Cl. The lowest BCUT2D eigenvalue weighted by Gasteiger charge is -1.95. The third-order valence-electron chi connectivity index (χ3n) is 1.77. The van der Waals surface area contributed by atoms with Crippen LogP contribution in [-0.4, -0.2) is 22.3 Å². The number of thiophene rings is 1. The van der Waals surface area contributed by atoms with Gasteiger partial charge in [0, 0.05) is 0 Å². The number of nitrogens with one attached hydrogen (secondary N) is 2. The Hall–Kier alpha value is -1.73. The predicted molar refractivity (Wildman–Crippen MR) is 62.9 cm³/mol. The number of carbonyl (C=O) groups is 1. The number of aromatic nitrogens is 2. The Morgan fingerprint density at radius 2 is 2.47 bits per heavy atom. The number of amides is 1. The van der Waals surface area contributed by atoms with Gasteiger partial charge >= 0.3 is 0 Å². The Balaban J connectivity index is 1.97. The number of hydrazone groups is 1. The van der Waals surface area contributed by atoms with Gasteiger partial charge in [-0.2, -0.15) is 14.6 Å². The van der Waals surface area contributed by atoms with Crippen LogP contribution in [0.2, 0.25) is 5.02 Å². The van der Waals surface area contributed by atoms with Crippen LogP contribution in [0.3, 0.4) is 0 Å². The lowest BCUT2D eigenvalue weighted by molar-refractivity contribution is 0.0950. The fourth-order valence-corrected chi connectivity index (χ4v) is 1.82. The molecule has 0 aromatic carbocycles. The van der Waals surface area contributed by atoms with Crippen LogP contribution in [0.15, 0.2) is 23.4 Å². The largest absolute Gasteiger partial charge is 0.290 e. The molecule has 8 heteroatoms. The van der Waals surface area contributed by atoms with Crippen molar-refractivity contribution >= 4 is 35.1 Å². The molecule has 0 saturated carbocycles. The Bertz CT molecular complexity index is 565. The van der Waals surface area contributed by atoms with Crippen LogP contribution in [-0.2, 0) is 0 Å². The van der Waals surface area contributed by atoms with Gasteiger partial charge in [-0.05, 0) is 12.1 Å². The molecule has 0 aliphatic rings. The van der Waals surface area contributed by atoms with E-state index >= 15 is 0 Å². The summed E-state index contributed by atoms with van der Waals surface area (Å²) >= 11 is 6.61. The quantitative estimate of drug-likeness (QED) is 0.663. The molecule has 0 atom stereocenters. The van der Waals surface area contributed by atoms with E-state index in [-0.39, 0.29) is 15.8 Å². The lowest BCUT2D eigenvalue weighted by Crippen LogP contribution is -2.18. The average molecular weight is 273 g/mol. The van der Waals surface area contributed by atoms with Gasteiger partial charge in [0.1, 0.15) is 5.69 Å². The van der Waals surface area contributed by atoms with E-state index in [1.165, 1.54) is 18.5 Å². The molecule has 0 aliphatic heterocycles. The number of carbonyl (C=O) groups excluding carboxylic acids is 1. The molecular weight excluding hydrogens is 267 g/mol. The molecule has 0 aliphatic carbocycles. The highest BCUT2D eigenvalue weighted by Gasteiger charge is 2.10. The summed E-state index contributed by atoms with van der Waals surface area (Å²) in [4.78, 5) is 12.1. The second-order valence-corrected chi connectivity index (χ2v) is 4.41. The number of nitrogens with zero attached hydrogens (tertiary/aromatic N) is 2. The first kappa shape index (κ1) is 11.7. The molecule has 2 rings (SSSR count). The van der Waals surface area contributed by atoms with E-state index in [4.69, 9.17) is 11.6 Å². The smallest absolute Gasteiger partial charge is 0.271 e. The summed E-state index contributed by atoms with van der Waals surface area (Å²) in [5.41, 5.74) is 2.37. The highest BCUT2D eigenvalue weighted by atomic mass is 35.5. The fourth-order valence-electron chi connectivity index (χ4n) is 1.04. The number of rotatable bonds is 3. The molecule has 1 amide bonds. The van der Waals surface area contributed by atoms with E-state index in [0.29, 0.717) is 4.88 Å². The van der Waals surface area contributed by atoms with Gasteiger partial charge in [-0.25, -0.2) is 5.43 Å². The first-order chi connectivity index (χ1) is 8.16. The molecular formula is C9H6ClFN4OS. The van der Waals surface area contributed by atoms with Crippen LogP contribution in [0, 0.1) is 5.13 Å². The zero-order valence-electron chi connectivity index (χ0n) is 8.28. The second kappa shape index (κ2) is 5.07. The summed E-state index contributed by atoms with van der Waals surface area (Å²) in [7, 11) is 0. The van der Waals surface area contributed by atoms with Crippen molar-refractivity contribution in [1.82, 2.24) is 15.6 Å². The molecule has 0 radical (unpaired) electrons. The Morgan fingerprint density at radius 1 is 1.65 bits per heavy atom. The Morgan fingerprint density at radius 3 is 3.06 bits per heavy atom. The van der Waals surface area contributed by atoms with Gasteiger partial charge < -0.3 is 0 Å². The van der Waals surface area contributed by atoms with Gasteiger partial charge in [0.05, 0.1) is 22.3 Å². The van der Waals surface area contributed by atoms with Crippen molar-refractivity contribution in [2.24, 2.45) is 5.10 Å². The van der Waals surface area contributed by atoms with Crippen molar-refractivity contribution < 1.29 is 9.18 Å². The minimum absolute atomic E-state index is 0.126. The highest BCUT2D eigenvalue weighted by Crippen LogP contribution is 2.12. The van der Waals surface area contributed by atoms with Crippen molar-refractivity contribution in [1.29, 1.82) is 0 Å². The number of hydrogen-bond donors (Lipinski definition) is 2. The number of aromatic amines is 1. The molecule has 2 aromatic heterocycles. The van der Waals surface area contributed by atoms with Crippen molar-refractivity contribution in [2.45, 2.75) is 0 Å². The van der Waals surface area contributed by atoms with E-state index < -0.39 is 5.91 Å². The standard InChI is InChI=1S/C9H6ClFN4OS/c10-6-4-13-14-8(6)9(16)15-12-3-5-1-2-7(11)17-5/h1-4H,(H,13,14)(H,15,16). The summed E-state index contributed by atoms with van der Waals surface area (Å²) in [5.74, 6) is -0.513. The third-order valence-corrected chi connectivity index (χ3v) is 2.87. The summed E-state index contributed by atoms with van der Waals surface area (Å²) in [5, 5.41) is 9.59. The molecule has 88 valence electrons. The molecule has 17 heavy (non-hydrogen) atoms. The molecule has 5 nitrogen and oxygen atoms in total. The maximum absolute atomic E-state index is 12.6. The van der Waals surface area contributed by atoms with Crippen LogP contribution >= 0.6 is 22.9 Å². The van der Waals surface area contributed by atoms with Crippen LogP contribution < -0.4 is 5.43 Å². The molecule has 2 aromatic rings. The molecule has 0 bridgehead atoms. The maximum Gasteiger partial charge on any atom is 0.290 e. The van der Waals surface area contributed by atoms with E-state index in [2.05, 4.69) is 20.7 Å². The summed E-state index contributed by atoms with van der Waals surface area (Å²) in [6.45, 7) is 0. The first-order valence-electron chi connectivity index (χ1n) is 4.44. The summed E-state index contributed by atoms with van der Waals surface area (Å²) in [6, 6.07) is 2.87. The number of hydrogen-bond acceptors (Lipinski definition) is 4. The zero-order valence-corrected chi connectivity index (χ0v) is 9.85. The minimum Gasteiger partial charge on any atom is -0.271 e. The Labute approximate surface area is 104 Å². The average Bonchev–Trinajstić information content (AvgIpc) is 2.87. The monoisotopic (exact) mass is 272 g/mol. The highest BCUT2D eigenvalue weighted by molar-refractivity contribution is 7.12. The van der Waals surface area contributed by atoms with Gasteiger partial charge in [-0.3, -0.25) is 9.89 Å². The third kappa shape index (κ3) is 2.89. The minimum atomic E-state index is -0.513. The molecule has 0 saturated heterocycles. The van der Waals surface area contributed by atoms with Crippen molar-refractivity contribution in [3.63, 3.8) is 0 Å². The van der Waals surface area contributed by atoms with Crippen LogP contribution in [0.25, 0.3) is 0 Å². The molecule has 0 fully saturated rings.